The topological polar surface area (TPSA) is 98.8 Å². The molecule has 3 N–H and O–H groups in total. The Morgan fingerprint density at radius 3 is 2.65 bits per heavy atom. The van der Waals surface area contributed by atoms with E-state index < -0.39 is 11.6 Å². The number of aryl methyl sites for hydroxylation is 2. The van der Waals surface area contributed by atoms with Crippen LogP contribution in [0, 0.1) is 31.4 Å². The first kappa shape index (κ1) is 22.4. The number of hydrogen-bond donors (Lipinski definition) is 2. The average molecular weight is 483 g/mol. The van der Waals surface area contributed by atoms with Crippen molar-refractivity contribution in [2.24, 2.45) is 5.92 Å². The van der Waals surface area contributed by atoms with E-state index in [4.69, 9.17) is 15.5 Å². The molecule has 0 saturated heterocycles. The van der Waals surface area contributed by atoms with Crippen molar-refractivity contribution < 1.29 is 13.5 Å². The summed E-state index contributed by atoms with van der Waals surface area (Å²) < 4.78 is 34.3. The predicted molar refractivity (Wildman–Crippen MR) is 129 cm³/mol. The maximum absolute atomic E-state index is 13.9. The molecule has 7 nitrogen and oxygen atoms in total. The van der Waals surface area contributed by atoms with Crippen LogP contribution in [0.1, 0.15) is 30.7 Å². The molecule has 1 aromatic carbocycles. The van der Waals surface area contributed by atoms with Gasteiger partial charge < -0.3 is 15.8 Å². The number of anilines is 2. The van der Waals surface area contributed by atoms with Crippen LogP contribution >= 0.6 is 11.3 Å². The number of pyridine rings is 1. The summed E-state index contributed by atoms with van der Waals surface area (Å²) in [5.41, 5.74) is 9.27. The molecule has 5 rings (SSSR count). The zero-order valence-corrected chi connectivity index (χ0v) is 19.6. The van der Waals surface area contributed by atoms with Crippen molar-refractivity contribution in [1.29, 1.82) is 0 Å². The molecule has 0 spiro atoms. The van der Waals surface area contributed by atoms with Crippen molar-refractivity contribution in [2.75, 3.05) is 17.7 Å². The molecule has 1 fully saturated rings. The highest BCUT2D eigenvalue weighted by Gasteiger charge is 2.28. The Morgan fingerprint density at radius 1 is 1.09 bits per heavy atom. The lowest BCUT2D eigenvalue weighted by Crippen LogP contribution is -2.20. The van der Waals surface area contributed by atoms with Gasteiger partial charge in [0, 0.05) is 12.2 Å². The highest BCUT2D eigenvalue weighted by atomic mass is 32.1. The van der Waals surface area contributed by atoms with Crippen LogP contribution in [0.4, 0.5) is 20.5 Å². The lowest BCUT2D eigenvalue weighted by atomic mass is 10.1. The minimum Gasteiger partial charge on any atom is -0.487 e. The summed E-state index contributed by atoms with van der Waals surface area (Å²) in [5, 5.41) is 4.32. The van der Waals surface area contributed by atoms with Crippen LogP contribution in [0.3, 0.4) is 0 Å². The maximum Gasteiger partial charge on any atom is 0.222 e. The number of rotatable bonds is 6. The van der Waals surface area contributed by atoms with Gasteiger partial charge in [0.05, 0.1) is 28.3 Å². The Bertz CT molecular complexity index is 1340. The van der Waals surface area contributed by atoms with Gasteiger partial charge in [-0.05, 0) is 57.2 Å². The van der Waals surface area contributed by atoms with Gasteiger partial charge in [0.1, 0.15) is 16.3 Å². The van der Waals surface area contributed by atoms with E-state index >= 15 is 0 Å². The molecular weight excluding hydrogens is 458 g/mol. The largest absolute Gasteiger partial charge is 0.487 e. The molecule has 10 heteroatoms. The molecule has 3 aromatic heterocycles. The van der Waals surface area contributed by atoms with Crippen LogP contribution in [-0.4, -0.2) is 32.6 Å². The Morgan fingerprint density at radius 2 is 1.88 bits per heavy atom. The molecule has 0 bridgehead atoms. The highest BCUT2D eigenvalue weighted by Crippen LogP contribution is 2.38. The van der Waals surface area contributed by atoms with Crippen molar-refractivity contribution >= 4 is 33.3 Å². The second kappa shape index (κ2) is 9.09. The third kappa shape index (κ3) is 4.37. The second-order valence-electron chi connectivity index (χ2n) is 8.54. The number of thiazole rings is 1. The van der Waals surface area contributed by atoms with E-state index in [0.29, 0.717) is 5.82 Å². The number of aromatic nitrogens is 4. The van der Waals surface area contributed by atoms with Gasteiger partial charge in [-0.1, -0.05) is 6.07 Å². The minimum absolute atomic E-state index is 0.115. The fourth-order valence-electron chi connectivity index (χ4n) is 4.42. The number of halogens is 2. The quantitative estimate of drug-likeness (QED) is 0.385. The van der Waals surface area contributed by atoms with Crippen LogP contribution in [-0.2, 0) is 0 Å². The molecule has 1 aliphatic carbocycles. The molecule has 34 heavy (non-hydrogen) atoms. The molecule has 0 amide bonds. The van der Waals surface area contributed by atoms with E-state index in [-0.39, 0.29) is 30.3 Å². The molecule has 3 heterocycles. The van der Waals surface area contributed by atoms with E-state index in [1.54, 1.807) is 17.5 Å². The summed E-state index contributed by atoms with van der Waals surface area (Å²) in [4.78, 5) is 18.0. The fourth-order valence-corrected chi connectivity index (χ4v) is 5.53. The first-order chi connectivity index (χ1) is 16.4. The molecule has 2 atom stereocenters. The summed E-state index contributed by atoms with van der Waals surface area (Å²) in [6.07, 6.45) is 4.30. The molecule has 2 unspecified atom stereocenters. The highest BCUT2D eigenvalue weighted by molar-refractivity contribution is 7.21. The number of fused-ring (bicyclic) bond motifs is 1. The zero-order chi connectivity index (χ0) is 23.8. The Kier molecular flexibility index (Phi) is 5.99. The average Bonchev–Trinajstić information content (AvgIpc) is 3.41. The van der Waals surface area contributed by atoms with Crippen molar-refractivity contribution in [3.8, 4) is 16.3 Å². The van der Waals surface area contributed by atoms with Gasteiger partial charge in [0.2, 0.25) is 5.95 Å². The van der Waals surface area contributed by atoms with Gasteiger partial charge in [0.25, 0.3) is 0 Å². The standard InChI is InChI=1S/C24H24F2N6OS/c1-12-19(23-31-20-13(2)28-9-8-18(20)34-23)22(32-24(27)29-12)30-15-7-6-14(10-15)11-33-21-16(25)4-3-5-17(21)26/h3-5,8-9,14-15H,6-7,10-11H2,1-2H3,(H3,27,29,30,32). The summed E-state index contributed by atoms with van der Waals surface area (Å²) in [6, 6.07) is 5.78. The first-order valence-electron chi connectivity index (χ1n) is 11.1. The minimum atomic E-state index is -0.689. The lowest BCUT2D eigenvalue weighted by molar-refractivity contribution is 0.231. The summed E-state index contributed by atoms with van der Waals surface area (Å²) in [6.45, 7) is 4.08. The van der Waals surface area contributed by atoms with E-state index in [0.717, 1.165) is 51.4 Å². The molecule has 1 aliphatic rings. The predicted octanol–water partition coefficient (Wildman–Crippen LogP) is 5.29. The lowest BCUT2D eigenvalue weighted by Gasteiger charge is -2.18. The smallest absolute Gasteiger partial charge is 0.222 e. The normalized spacial score (nSPS) is 17.9. The second-order valence-corrected chi connectivity index (χ2v) is 9.57. The summed E-state index contributed by atoms with van der Waals surface area (Å²) >= 11 is 1.56. The Balaban J connectivity index is 1.34. The molecular formula is C24H24F2N6OS. The summed E-state index contributed by atoms with van der Waals surface area (Å²) in [7, 11) is 0. The number of ether oxygens (including phenoxy) is 1. The fraction of sp³-hybridized carbons (Fsp3) is 0.333. The number of benzene rings is 1. The van der Waals surface area contributed by atoms with E-state index in [1.165, 1.54) is 18.2 Å². The van der Waals surface area contributed by atoms with Crippen molar-refractivity contribution in [1.82, 2.24) is 19.9 Å². The first-order valence-corrected chi connectivity index (χ1v) is 11.9. The van der Waals surface area contributed by atoms with Crippen LogP contribution in [0.25, 0.3) is 20.8 Å². The number of nitrogens with zero attached hydrogens (tertiary/aromatic N) is 4. The van der Waals surface area contributed by atoms with Gasteiger partial charge in [-0.15, -0.1) is 11.3 Å². The van der Waals surface area contributed by atoms with Gasteiger partial charge in [0.15, 0.2) is 17.4 Å². The number of nitrogens with one attached hydrogen (secondary N) is 1. The molecule has 4 aromatic rings. The van der Waals surface area contributed by atoms with Crippen molar-refractivity contribution in [3.05, 3.63) is 53.5 Å². The zero-order valence-electron chi connectivity index (χ0n) is 18.8. The third-order valence-electron chi connectivity index (χ3n) is 6.08. The van der Waals surface area contributed by atoms with Gasteiger partial charge in [-0.3, -0.25) is 4.98 Å². The Labute approximate surface area is 199 Å². The van der Waals surface area contributed by atoms with Crippen molar-refractivity contribution in [2.45, 2.75) is 39.2 Å². The molecule has 0 aliphatic heterocycles. The molecule has 176 valence electrons. The van der Waals surface area contributed by atoms with Gasteiger partial charge in [-0.2, -0.15) is 4.98 Å². The van der Waals surface area contributed by atoms with E-state index in [9.17, 15) is 8.78 Å². The van der Waals surface area contributed by atoms with Gasteiger partial charge >= 0.3 is 0 Å². The third-order valence-corrected chi connectivity index (χ3v) is 7.11. The number of para-hydroxylation sites is 1. The van der Waals surface area contributed by atoms with Crippen molar-refractivity contribution in [3.63, 3.8) is 0 Å². The molecule has 1 saturated carbocycles. The number of nitrogen functional groups attached to an aromatic ring is 1. The Hall–Kier alpha value is -3.40. The SMILES string of the molecule is Cc1nc(N)nc(NC2CCC(COc3c(F)cccc3F)C2)c1-c1nc2c(C)nccc2s1. The van der Waals surface area contributed by atoms with Gasteiger partial charge in [-0.25, -0.2) is 18.7 Å². The van der Waals surface area contributed by atoms with Crippen LogP contribution in [0.5, 0.6) is 5.75 Å². The van der Waals surface area contributed by atoms with Crippen LogP contribution in [0.2, 0.25) is 0 Å². The monoisotopic (exact) mass is 482 g/mol. The van der Waals surface area contributed by atoms with E-state index in [2.05, 4.69) is 20.3 Å². The number of hydrogen-bond acceptors (Lipinski definition) is 8. The molecule has 0 radical (unpaired) electrons. The number of nitrogens with two attached hydrogens (primary N) is 1. The van der Waals surface area contributed by atoms with Crippen LogP contribution < -0.4 is 15.8 Å². The summed E-state index contributed by atoms with van der Waals surface area (Å²) in [5.74, 6) is -0.703. The maximum atomic E-state index is 13.9. The van der Waals surface area contributed by atoms with Crippen LogP contribution in [0.15, 0.2) is 30.5 Å². The van der Waals surface area contributed by atoms with E-state index in [1.807, 2.05) is 19.9 Å².